The first kappa shape index (κ1) is 16.3. The highest BCUT2D eigenvalue weighted by Gasteiger charge is 2.33. The molecule has 0 aliphatic carbocycles. The molecule has 3 N–H and O–H groups in total. The average molecular weight is 285 g/mol. The molecule has 0 bridgehead atoms. The summed E-state index contributed by atoms with van der Waals surface area (Å²) in [6.07, 6.45) is 3.36. The summed E-state index contributed by atoms with van der Waals surface area (Å²) in [5, 5.41) is 14.1. The second kappa shape index (κ2) is 7.72. The Hall–Kier alpha value is -1.79. The Kier molecular flexibility index (Phi) is 6.27. The highest BCUT2D eigenvalue weighted by atomic mass is 16.4. The third kappa shape index (κ3) is 4.11. The number of urea groups is 1. The number of carbonyl (C=O) groups is 3. The Morgan fingerprint density at radius 3 is 2.60 bits per heavy atom. The molecule has 2 atom stereocenters. The van der Waals surface area contributed by atoms with E-state index < -0.39 is 24.1 Å². The number of nitrogens with zero attached hydrogens (tertiary/aromatic N) is 1. The fourth-order valence-corrected chi connectivity index (χ4v) is 2.39. The molecule has 0 saturated carbocycles. The van der Waals surface area contributed by atoms with Crippen LogP contribution >= 0.6 is 0 Å². The van der Waals surface area contributed by atoms with Crippen molar-refractivity contribution in [3.05, 3.63) is 0 Å². The van der Waals surface area contributed by atoms with Crippen LogP contribution < -0.4 is 10.6 Å². The van der Waals surface area contributed by atoms with Gasteiger partial charge < -0.3 is 20.6 Å². The van der Waals surface area contributed by atoms with E-state index in [2.05, 4.69) is 10.6 Å². The van der Waals surface area contributed by atoms with Crippen LogP contribution in [0.1, 0.15) is 39.0 Å². The summed E-state index contributed by atoms with van der Waals surface area (Å²) in [6, 6.07) is -1.89. The van der Waals surface area contributed by atoms with Crippen molar-refractivity contribution in [1.29, 1.82) is 0 Å². The van der Waals surface area contributed by atoms with Crippen molar-refractivity contribution < 1.29 is 19.5 Å². The van der Waals surface area contributed by atoms with Crippen LogP contribution in [0, 0.1) is 0 Å². The topological polar surface area (TPSA) is 98.7 Å². The molecule has 0 radical (unpaired) electrons. The summed E-state index contributed by atoms with van der Waals surface area (Å²) >= 11 is 0. The van der Waals surface area contributed by atoms with E-state index in [-0.39, 0.29) is 5.91 Å². The number of likely N-dealkylation sites (N-methyl/N-ethyl adjacent to an activating group) is 1. The first-order valence-corrected chi connectivity index (χ1v) is 7.02. The maximum atomic E-state index is 12.2. The fourth-order valence-electron chi connectivity index (χ4n) is 2.39. The van der Waals surface area contributed by atoms with E-state index in [0.717, 1.165) is 12.8 Å². The number of hydrogen-bond acceptors (Lipinski definition) is 3. The first-order valence-electron chi connectivity index (χ1n) is 7.02. The van der Waals surface area contributed by atoms with Crippen LogP contribution in [-0.2, 0) is 9.59 Å². The molecule has 2 unspecified atom stereocenters. The van der Waals surface area contributed by atoms with Gasteiger partial charge in [0.2, 0.25) is 5.91 Å². The molecule has 7 nitrogen and oxygen atoms in total. The molecule has 0 aromatic heterocycles. The third-order valence-electron chi connectivity index (χ3n) is 3.49. The normalized spacial score (nSPS) is 20.1. The zero-order chi connectivity index (χ0) is 15.1. The lowest BCUT2D eigenvalue weighted by molar-refractivity contribution is -0.139. The van der Waals surface area contributed by atoms with Crippen molar-refractivity contribution in [2.24, 2.45) is 0 Å². The van der Waals surface area contributed by atoms with Crippen LogP contribution in [0.2, 0.25) is 0 Å². The molecule has 7 heteroatoms. The number of piperidine rings is 1. The quantitative estimate of drug-likeness (QED) is 0.687. The van der Waals surface area contributed by atoms with Gasteiger partial charge in [0, 0.05) is 13.6 Å². The molecule has 114 valence electrons. The van der Waals surface area contributed by atoms with Crippen molar-refractivity contribution in [1.82, 2.24) is 15.5 Å². The average Bonchev–Trinajstić information content (AvgIpc) is 2.45. The van der Waals surface area contributed by atoms with Gasteiger partial charge in [0.05, 0.1) is 0 Å². The molecular weight excluding hydrogens is 262 g/mol. The molecular formula is C13H23N3O4. The lowest BCUT2D eigenvalue weighted by Gasteiger charge is -2.35. The second-order valence-electron chi connectivity index (χ2n) is 4.95. The van der Waals surface area contributed by atoms with Gasteiger partial charge in [-0.05, 0) is 25.7 Å². The van der Waals surface area contributed by atoms with E-state index in [4.69, 9.17) is 5.11 Å². The summed E-state index contributed by atoms with van der Waals surface area (Å²) in [6.45, 7) is 2.33. The summed E-state index contributed by atoms with van der Waals surface area (Å²) < 4.78 is 0. The smallest absolute Gasteiger partial charge is 0.326 e. The van der Waals surface area contributed by atoms with E-state index >= 15 is 0 Å². The van der Waals surface area contributed by atoms with Gasteiger partial charge in [-0.25, -0.2) is 9.59 Å². The molecule has 1 saturated heterocycles. The Bertz CT molecular complexity index is 373. The third-order valence-corrected chi connectivity index (χ3v) is 3.49. The van der Waals surface area contributed by atoms with Crippen molar-refractivity contribution in [2.75, 3.05) is 13.6 Å². The minimum atomic E-state index is -1.05. The largest absolute Gasteiger partial charge is 0.480 e. The number of nitrogens with one attached hydrogen (secondary N) is 2. The van der Waals surface area contributed by atoms with E-state index in [1.54, 1.807) is 0 Å². The van der Waals surface area contributed by atoms with Crippen LogP contribution in [0.4, 0.5) is 4.79 Å². The zero-order valence-corrected chi connectivity index (χ0v) is 12.0. The fraction of sp³-hybridized carbons (Fsp3) is 0.769. The van der Waals surface area contributed by atoms with E-state index in [1.807, 2.05) is 6.92 Å². The first-order chi connectivity index (χ1) is 9.51. The number of rotatable bonds is 5. The lowest BCUT2D eigenvalue weighted by atomic mass is 10.0. The summed E-state index contributed by atoms with van der Waals surface area (Å²) in [5.41, 5.74) is 0. The highest BCUT2D eigenvalue weighted by Crippen LogP contribution is 2.17. The van der Waals surface area contributed by atoms with Crippen molar-refractivity contribution in [2.45, 2.75) is 51.1 Å². The molecule has 1 rings (SSSR count). The van der Waals surface area contributed by atoms with Crippen LogP contribution in [-0.4, -0.2) is 53.6 Å². The Morgan fingerprint density at radius 2 is 2.05 bits per heavy atom. The van der Waals surface area contributed by atoms with Gasteiger partial charge in [-0.15, -0.1) is 0 Å². The molecule has 1 aliphatic heterocycles. The van der Waals surface area contributed by atoms with Gasteiger partial charge in [0.25, 0.3) is 0 Å². The molecule has 0 aromatic carbocycles. The van der Waals surface area contributed by atoms with Gasteiger partial charge >= 0.3 is 12.0 Å². The van der Waals surface area contributed by atoms with Gasteiger partial charge in [-0.2, -0.15) is 0 Å². The summed E-state index contributed by atoms with van der Waals surface area (Å²) in [4.78, 5) is 36.5. The monoisotopic (exact) mass is 285 g/mol. The minimum Gasteiger partial charge on any atom is -0.480 e. The molecule has 0 spiro atoms. The Labute approximate surface area is 118 Å². The standard InChI is InChI=1S/C13H23N3O4/c1-3-6-9(12(18)19)15-13(20)16-8-5-4-7-10(16)11(17)14-2/h9-10H,3-8H2,1-2H3,(H,14,17)(H,15,20)(H,18,19). The molecule has 1 fully saturated rings. The Balaban J connectivity index is 2.71. The minimum absolute atomic E-state index is 0.206. The maximum absolute atomic E-state index is 12.2. The number of likely N-dealkylation sites (tertiary alicyclic amines) is 1. The van der Waals surface area contributed by atoms with Gasteiger partial charge in [-0.3, -0.25) is 4.79 Å². The van der Waals surface area contributed by atoms with E-state index in [1.165, 1.54) is 11.9 Å². The predicted molar refractivity (Wildman–Crippen MR) is 73.3 cm³/mol. The van der Waals surface area contributed by atoms with Crippen molar-refractivity contribution in [3.8, 4) is 0 Å². The number of carboxylic acid groups (broad SMARTS) is 1. The lowest BCUT2D eigenvalue weighted by Crippen LogP contribution is -2.56. The number of aliphatic carboxylic acids is 1. The summed E-state index contributed by atoms with van der Waals surface area (Å²) in [7, 11) is 1.53. The van der Waals surface area contributed by atoms with E-state index in [0.29, 0.717) is 25.8 Å². The molecule has 20 heavy (non-hydrogen) atoms. The second-order valence-corrected chi connectivity index (χ2v) is 4.95. The highest BCUT2D eigenvalue weighted by molar-refractivity contribution is 5.88. The Morgan fingerprint density at radius 1 is 1.35 bits per heavy atom. The van der Waals surface area contributed by atoms with Crippen LogP contribution in [0.5, 0.6) is 0 Å². The van der Waals surface area contributed by atoms with Gasteiger partial charge in [0.1, 0.15) is 12.1 Å². The SMILES string of the molecule is CCCC(NC(=O)N1CCCCC1C(=O)NC)C(=O)O. The van der Waals surface area contributed by atoms with E-state index in [9.17, 15) is 14.4 Å². The molecule has 3 amide bonds. The van der Waals surface area contributed by atoms with Crippen molar-refractivity contribution in [3.63, 3.8) is 0 Å². The zero-order valence-electron chi connectivity index (χ0n) is 12.0. The number of hydrogen-bond donors (Lipinski definition) is 3. The van der Waals surface area contributed by atoms with Crippen LogP contribution in [0.15, 0.2) is 0 Å². The van der Waals surface area contributed by atoms with Gasteiger partial charge in [0.15, 0.2) is 0 Å². The molecule has 1 heterocycles. The predicted octanol–water partition coefficient (Wildman–Crippen LogP) is 0.550. The maximum Gasteiger partial charge on any atom is 0.326 e. The van der Waals surface area contributed by atoms with Crippen LogP contribution in [0.25, 0.3) is 0 Å². The number of carboxylic acids is 1. The molecule has 1 aliphatic rings. The number of carbonyl (C=O) groups excluding carboxylic acids is 2. The van der Waals surface area contributed by atoms with Crippen molar-refractivity contribution >= 4 is 17.9 Å². The number of amides is 3. The van der Waals surface area contributed by atoms with Crippen LogP contribution in [0.3, 0.4) is 0 Å². The van der Waals surface area contributed by atoms with Gasteiger partial charge in [-0.1, -0.05) is 13.3 Å². The summed E-state index contributed by atoms with van der Waals surface area (Å²) in [5.74, 6) is -1.25. The molecule has 0 aromatic rings.